The summed E-state index contributed by atoms with van der Waals surface area (Å²) < 4.78 is 0. The third-order valence-electron chi connectivity index (χ3n) is 6.16. The van der Waals surface area contributed by atoms with E-state index in [4.69, 9.17) is 0 Å². The van der Waals surface area contributed by atoms with Crippen molar-refractivity contribution >= 4 is 33.8 Å². The van der Waals surface area contributed by atoms with Gasteiger partial charge in [0, 0.05) is 28.5 Å². The maximum Gasteiger partial charge on any atom is 0.258 e. The number of pyridine rings is 1. The Morgan fingerprint density at radius 2 is 1.81 bits per heavy atom. The van der Waals surface area contributed by atoms with Crippen molar-refractivity contribution < 1.29 is 9.59 Å². The zero-order valence-corrected chi connectivity index (χ0v) is 19.8. The smallest absolute Gasteiger partial charge is 0.258 e. The number of hydrogen-bond donors (Lipinski definition) is 2. The predicted octanol–water partition coefficient (Wildman–Crippen LogP) is 6.11. The van der Waals surface area contributed by atoms with Crippen molar-refractivity contribution in [2.45, 2.75) is 47.0 Å². The first-order valence-corrected chi connectivity index (χ1v) is 11.8. The van der Waals surface area contributed by atoms with Gasteiger partial charge in [-0.25, -0.2) is 0 Å². The molecule has 1 aromatic carbocycles. The third kappa shape index (κ3) is 4.75. The van der Waals surface area contributed by atoms with Gasteiger partial charge in [0.1, 0.15) is 5.00 Å². The number of carbonyl (C=O) groups is 2. The summed E-state index contributed by atoms with van der Waals surface area (Å²) in [5.74, 6) is 0.139. The summed E-state index contributed by atoms with van der Waals surface area (Å²) in [6, 6.07) is 11.1. The van der Waals surface area contributed by atoms with Gasteiger partial charge in [0.05, 0.1) is 5.56 Å². The summed E-state index contributed by atoms with van der Waals surface area (Å²) in [6.07, 6.45) is 5.99. The summed E-state index contributed by atoms with van der Waals surface area (Å²) in [6.45, 7) is 8.81. The normalized spacial score (nSPS) is 15.7. The molecule has 1 aliphatic rings. The number of rotatable bonds is 4. The molecule has 2 aromatic heterocycles. The molecule has 0 spiro atoms. The molecule has 4 rings (SSSR count). The number of amides is 2. The number of thiophene rings is 1. The number of hydrogen-bond acceptors (Lipinski definition) is 4. The van der Waals surface area contributed by atoms with Crippen LogP contribution in [0, 0.1) is 18.3 Å². The summed E-state index contributed by atoms with van der Waals surface area (Å²) >= 11 is 1.54. The first-order valence-electron chi connectivity index (χ1n) is 11.0. The zero-order chi connectivity index (χ0) is 22.9. The quantitative estimate of drug-likeness (QED) is 0.507. The number of fused-ring (bicyclic) bond motifs is 1. The molecule has 32 heavy (non-hydrogen) atoms. The second kappa shape index (κ2) is 8.87. The first-order chi connectivity index (χ1) is 15.2. The molecule has 0 bridgehead atoms. The monoisotopic (exact) mass is 447 g/mol. The standard InChI is InChI=1S/C26H29N3O2S/c1-16-6-5-7-19(14-16)28-24(31)22-20-9-8-18(26(2,3)4)15-21(20)32-25(22)29-23(30)17-10-12-27-13-11-17/h5-7,10-14,18H,8-9,15H2,1-4H3,(H,28,31)(H,29,30). The van der Waals surface area contributed by atoms with Crippen LogP contribution in [0.3, 0.4) is 0 Å². The van der Waals surface area contributed by atoms with Gasteiger partial charge in [-0.15, -0.1) is 11.3 Å². The Bertz CT molecular complexity index is 1150. The fraction of sp³-hybridized carbons (Fsp3) is 0.346. The molecule has 0 aliphatic heterocycles. The highest BCUT2D eigenvalue weighted by Gasteiger charge is 2.34. The van der Waals surface area contributed by atoms with Crippen LogP contribution in [0.15, 0.2) is 48.8 Å². The van der Waals surface area contributed by atoms with Crippen LogP contribution in [-0.4, -0.2) is 16.8 Å². The second-order valence-corrected chi connectivity index (χ2v) is 10.6. The average Bonchev–Trinajstić information content (AvgIpc) is 3.10. The minimum absolute atomic E-state index is 0.174. The van der Waals surface area contributed by atoms with Crippen LogP contribution >= 0.6 is 11.3 Å². The molecule has 2 heterocycles. The van der Waals surface area contributed by atoms with Crippen LogP contribution < -0.4 is 10.6 Å². The molecule has 1 aliphatic carbocycles. The van der Waals surface area contributed by atoms with Crippen LogP contribution in [0.1, 0.15) is 63.9 Å². The van der Waals surface area contributed by atoms with Gasteiger partial charge in [-0.05, 0) is 72.9 Å². The van der Waals surface area contributed by atoms with E-state index in [0.717, 1.165) is 36.1 Å². The molecule has 5 nitrogen and oxygen atoms in total. The molecular formula is C26H29N3O2S. The van der Waals surface area contributed by atoms with E-state index < -0.39 is 0 Å². The van der Waals surface area contributed by atoms with Crippen LogP contribution in [-0.2, 0) is 12.8 Å². The number of anilines is 2. The lowest BCUT2D eigenvalue weighted by atomic mass is 9.72. The van der Waals surface area contributed by atoms with Gasteiger partial charge >= 0.3 is 0 Å². The van der Waals surface area contributed by atoms with Crippen molar-refractivity contribution in [3.05, 3.63) is 75.9 Å². The minimum Gasteiger partial charge on any atom is -0.322 e. The van der Waals surface area contributed by atoms with Crippen molar-refractivity contribution in [3.63, 3.8) is 0 Å². The van der Waals surface area contributed by atoms with Crippen molar-refractivity contribution in [2.24, 2.45) is 11.3 Å². The van der Waals surface area contributed by atoms with E-state index >= 15 is 0 Å². The molecule has 2 amide bonds. The number of carbonyl (C=O) groups excluding carboxylic acids is 2. The largest absolute Gasteiger partial charge is 0.322 e. The van der Waals surface area contributed by atoms with Gasteiger partial charge in [-0.1, -0.05) is 32.9 Å². The molecule has 6 heteroatoms. The molecule has 0 saturated carbocycles. The van der Waals surface area contributed by atoms with E-state index in [1.807, 2.05) is 31.2 Å². The number of benzene rings is 1. The lowest BCUT2D eigenvalue weighted by molar-refractivity contribution is 0.102. The second-order valence-electron chi connectivity index (χ2n) is 9.53. The Labute approximate surface area is 193 Å². The molecular weight excluding hydrogens is 418 g/mol. The number of nitrogens with one attached hydrogen (secondary N) is 2. The van der Waals surface area contributed by atoms with E-state index in [1.54, 1.807) is 24.5 Å². The summed E-state index contributed by atoms with van der Waals surface area (Å²) in [5.41, 5.74) is 4.22. The molecule has 166 valence electrons. The van der Waals surface area contributed by atoms with E-state index in [1.165, 1.54) is 16.2 Å². The highest BCUT2D eigenvalue weighted by Crippen LogP contribution is 2.44. The van der Waals surface area contributed by atoms with Gasteiger partial charge in [0.2, 0.25) is 0 Å². The first kappa shape index (κ1) is 22.2. The molecule has 0 fully saturated rings. The highest BCUT2D eigenvalue weighted by molar-refractivity contribution is 7.17. The SMILES string of the molecule is Cc1cccc(NC(=O)c2c(NC(=O)c3ccncc3)sc3c2CCC(C(C)(C)C)C3)c1. The summed E-state index contributed by atoms with van der Waals surface area (Å²) in [4.78, 5) is 31.5. The van der Waals surface area contributed by atoms with Crippen molar-refractivity contribution in [1.82, 2.24) is 4.98 Å². The molecule has 3 aromatic rings. The van der Waals surface area contributed by atoms with E-state index in [0.29, 0.717) is 22.0 Å². The van der Waals surface area contributed by atoms with E-state index in [9.17, 15) is 9.59 Å². The lowest BCUT2D eigenvalue weighted by Crippen LogP contribution is -2.27. The molecule has 0 radical (unpaired) electrons. The Morgan fingerprint density at radius 3 is 2.50 bits per heavy atom. The van der Waals surface area contributed by atoms with Gasteiger partial charge in [-0.3, -0.25) is 14.6 Å². The van der Waals surface area contributed by atoms with Crippen molar-refractivity contribution in [3.8, 4) is 0 Å². The van der Waals surface area contributed by atoms with Crippen LogP contribution in [0.4, 0.5) is 10.7 Å². The van der Waals surface area contributed by atoms with Crippen LogP contribution in [0.25, 0.3) is 0 Å². The maximum absolute atomic E-state index is 13.4. The highest BCUT2D eigenvalue weighted by atomic mass is 32.1. The van der Waals surface area contributed by atoms with Crippen molar-refractivity contribution in [2.75, 3.05) is 10.6 Å². The minimum atomic E-state index is -0.233. The number of aryl methyl sites for hydroxylation is 1. The number of aromatic nitrogens is 1. The third-order valence-corrected chi connectivity index (χ3v) is 7.33. The van der Waals surface area contributed by atoms with Gasteiger partial charge in [0.25, 0.3) is 11.8 Å². The summed E-state index contributed by atoms with van der Waals surface area (Å²) in [7, 11) is 0. The molecule has 1 unspecified atom stereocenters. The van der Waals surface area contributed by atoms with Crippen LogP contribution in [0.2, 0.25) is 0 Å². The molecule has 1 atom stereocenters. The number of nitrogens with zero attached hydrogens (tertiary/aromatic N) is 1. The Hall–Kier alpha value is -2.99. The molecule has 2 N–H and O–H groups in total. The van der Waals surface area contributed by atoms with E-state index in [-0.39, 0.29) is 17.2 Å². The van der Waals surface area contributed by atoms with Gasteiger partial charge in [-0.2, -0.15) is 0 Å². The average molecular weight is 448 g/mol. The topological polar surface area (TPSA) is 71.1 Å². The Kier molecular flexibility index (Phi) is 6.15. The fourth-order valence-corrected chi connectivity index (χ4v) is 5.57. The van der Waals surface area contributed by atoms with Crippen molar-refractivity contribution in [1.29, 1.82) is 0 Å². The predicted molar refractivity (Wildman–Crippen MR) is 131 cm³/mol. The molecule has 0 saturated heterocycles. The fourth-order valence-electron chi connectivity index (χ4n) is 4.25. The van der Waals surface area contributed by atoms with Gasteiger partial charge < -0.3 is 10.6 Å². The zero-order valence-electron chi connectivity index (χ0n) is 19.0. The maximum atomic E-state index is 13.4. The van der Waals surface area contributed by atoms with Crippen LogP contribution in [0.5, 0.6) is 0 Å². The van der Waals surface area contributed by atoms with Gasteiger partial charge in [0.15, 0.2) is 0 Å². The Balaban J connectivity index is 1.69. The summed E-state index contributed by atoms with van der Waals surface area (Å²) in [5, 5.41) is 6.67. The Morgan fingerprint density at radius 1 is 1.06 bits per heavy atom. The van der Waals surface area contributed by atoms with E-state index in [2.05, 4.69) is 36.4 Å². The lowest BCUT2D eigenvalue weighted by Gasteiger charge is -2.33.